The average molecular weight is 421 g/mol. The number of methoxy groups -OCH3 is 2. The van der Waals surface area contributed by atoms with E-state index in [0.717, 1.165) is 30.5 Å². The minimum absolute atomic E-state index is 0.0654. The lowest BCUT2D eigenvalue weighted by atomic mass is 9.95. The van der Waals surface area contributed by atoms with Crippen LogP contribution in [0.25, 0.3) is 10.9 Å². The minimum atomic E-state index is -0.383. The van der Waals surface area contributed by atoms with E-state index in [-0.39, 0.29) is 17.8 Å². The van der Waals surface area contributed by atoms with E-state index in [1.54, 1.807) is 13.2 Å². The number of ether oxygens (including phenoxy) is 2. The van der Waals surface area contributed by atoms with Gasteiger partial charge in [0.15, 0.2) is 0 Å². The fourth-order valence-corrected chi connectivity index (χ4v) is 4.49. The van der Waals surface area contributed by atoms with Gasteiger partial charge in [0, 0.05) is 43.7 Å². The molecule has 1 aliphatic heterocycles. The summed E-state index contributed by atoms with van der Waals surface area (Å²) in [7, 11) is 6.87. The van der Waals surface area contributed by atoms with Gasteiger partial charge in [-0.1, -0.05) is 6.07 Å². The first-order valence-corrected chi connectivity index (χ1v) is 10.5. The molecule has 1 amide bonds. The summed E-state index contributed by atoms with van der Waals surface area (Å²) in [6, 6.07) is 11.9. The zero-order chi connectivity index (χ0) is 22.1. The molecule has 0 radical (unpaired) electrons. The average Bonchev–Trinajstić information content (AvgIpc) is 3.26. The molecule has 0 saturated carbocycles. The molecule has 3 aromatic rings. The lowest BCUT2D eigenvalue weighted by molar-refractivity contribution is -0.129. The molecule has 31 heavy (non-hydrogen) atoms. The summed E-state index contributed by atoms with van der Waals surface area (Å²) >= 11 is 0. The van der Waals surface area contributed by atoms with E-state index in [4.69, 9.17) is 9.47 Å². The minimum Gasteiger partial charge on any atom is -0.497 e. The number of hydrogen-bond donors (Lipinski definition) is 0. The predicted molar refractivity (Wildman–Crippen MR) is 120 cm³/mol. The third-order valence-corrected chi connectivity index (χ3v) is 6.17. The van der Waals surface area contributed by atoms with Crippen molar-refractivity contribution in [1.29, 1.82) is 0 Å². The van der Waals surface area contributed by atoms with Crippen molar-refractivity contribution in [3.8, 4) is 5.75 Å². The van der Waals surface area contributed by atoms with Gasteiger partial charge >= 0.3 is 5.97 Å². The maximum atomic E-state index is 12.3. The summed E-state index contributed by atoms with van der Waals surface area (Å²) in [5.74, 6) is 0.546. The highest BCUT2D eigenvalue weighted by atomic mass is 16.5. The van der Waals surface area contributed by atoms with E-state index in [1.807, 2.05) is 31.1 Å². The van der Waals surface area contributed by atoms with Crippen molar-refractivity contribution < 1.29 is 19.1 Å². The van der Waals surface area contributed by atoms with Gasteiger partial charge < -0.3 is 18.9 Å². The largest absolute Gasteiger partial charge is 0.497 e. The van der Waals surface area contributed by atoms with E-state index in [0.29, 0.717) is 17.7 Å². The molecule has 6 heteroatoms. The highest BCUT2D eigenvalue weighted by Gasteiger charge is 2.29. The Kier molecular flexibility index (Phi) is 5.72. The molecule has 2 heterocycles. The number of amides is 1. The van der Waals surface area contributed by atoms with Crippen molar-refractivity contribution in [1.82, 2.24) is 9.47 Å². The summed E-state index contributed by atoms with van der Waals surface area (Å²) in [4.78, 5) is 26.2. The molecule has 0 N–H and O–H groups in total. The molecule has 162 valence electrons. The first-order valence-electron chi connectivity index (χ1n) is 10.5. The first-order chi connectivity index (χ1) is 14.9. The van der Waals surface area contributed by atoms with Crippen LogP contribution in [-0.2, 0) is 29.4 Å². The van der Waals surface area contributed by atoms with Crippen LogP contribution in [0.2, 0.25) is 0 Å². The molecule has 1 unspecified atom stereocenters. The Morgan fingerprint density at radius 1 is 1.10 bits per heavy atom. The number of aryl methyl sites for hydroxylation is 1. The molecular weight excluding hydrogens is 392 g/mol. The van der Waals surface area contributed by atoms with Crippen LogP contribution in [0.1, 0.15) is 33.5 Å². The Balaban J connectivity index is 1.66. The number of rotatable bonds is 6. The summed E-state index contributed by atoms with van der Waals surface area (Å²) in [5, 5.41) is 1.17. The Hall–Kier alpha value is -3.28. The zero-order valence-corrected chi connectivity index (χ0v) is 18.5. The van der Waals surface area contributed by atoms with Gasteiger partial charge in [0.05, 0.1) is 19.8 Å². The standard InChI is InChI=1S/C25H28N2O4/c1-26-8-7-18(24(26)28)9-16-5-6-23-22(13-16)20(15-27(23)2)11-17-10-19(25(29)31-4)14-21(12-17)30-3/h5-6,10,12-15,18H,7-9,11H2,1-4H3. The van der Waals surface area contributed by atoms with Crippen LogP contribution in [0.5, 0.6) is 5.75 Å². The SMILES string of the molecule is COC(=O)c1cc(Cc2cn(C)c3ccc(CC4CCN(C)C4=O)cc23)cc(OC)c1. The number of nitrogens with zero attached hydrogens (tertiary/aromatic N) is 2. The monoisotopic (exact) mass is 420 g/mol. The third kappa shape index (κ3) is 4.15. The van der Waals surface area contributed by atoms with Crippen LogP contribution in [0.3, 0.4) is 0 Å². The van der Waals surface area contributed by atoms with Gasteiger partial charge in [0.2, 0.25) is 5.91 Å². The van der Waals surface area contributed by atoms with Gasteiger partial charge in [0.25, 0.3) is 0 Å². The van der Waals surface area contributed by atoms with Gasteiger partial charge in [0.1, 0.15) is 5.75 Å². The number of aromatic nitrogens is 1. The molecule has 2 aromatic carbocycles. The molecule has 6 nitrogen and oxygen atoms in total. The zero-order valence-electron chi connectivity index (χ0n) is 18.5. The third-order valence-electron chi connectivity index (χ3n) is 6.17. The highest BCUT2D eigenvalue weighted by molar-refractivity contribution is 5.90. The second-order valence-electron chi connectivity index (χ2n) is 8.30. The van der Waals surface area contributed by atoms with Crippen LogP contribution < -0.4 is 4.74 Å². The van der Waals surface area contributed by atoms with Crippen LogP contribution in [-0.4, -0.2) is 49.2 Å². The van der Waals surface area contributed by atoms with Crippen LogP contribution in [0.4, 0.5) is 0 Å². The molecule has 1 atom stereocenters. The Labute approximate surface area is 182 Å². The number of fused-ring (bicyclic) bond motifs is 1. The smallest absolute Gasteiger partial charge is 0.337 e. The molecule has 0 bridgehead atoms. The highest BCUT2D eigenvalue weighted by Crippen LogP contribution is 2.29. The number of esters is 1. The van der Waals surface area contributed by atoms with Crippen LogP contribution in [0.15, 0.2) is 42.6 Å². The topological polar surface area (TPSA) is 60.8 Å². The van der Waals surface area contributed by atoms with Gasteiger partial charge in [-0.2, -0.15) is 0 Å². The number of benzene rings is 2. The molecule has 1 saturated heterocycles. The van der Waals surface area contributed by atoms with Crippen molar-refractivity contribution in [2.24, 2.45) is 13.0 Å². The Morgan fingerprint density at radius 3 is 2.58 bits per heavy atom. The Bertz CT molecular complexity index is 1150. The van der Waals surface area contributed by atoms with Crippen molar-refractivity contribution in [3.05, 3.63) is 64.8 Å². The quantitative estimate of drug-likeness (QED) is 0.572. The normalized spacial score (nSPS) is 16.2. The number of carbonyl (C=O) groups is 2. The van der Waals surface area contributed by atoms with Gasteiger partial charge in [-0.15, -0.1) is 0 Å². The second kappa shape index (κ2) is 8.46. The summed E-state index contributed by atoms with van der Waals surface area (Å²) in [6.45, 7) is 0.834. The van der Waals surface area contributed by atoms with Crippen molar-refractivity contribution in [2.45, 2.75) is 19.3 Å². The number of likely N-dealkylation sites (tertiary alicyclic amines) is 1. The number of hydrogen-bond acceptors (Lipinski definition) is 4. The first kappa shape index (κ1) is 21.0. The lowest BCUT2D eigenvalue weighted by Gasteiger charge is -2.11. The maximum absolute atomic E-state index is 12.3. The lowest BCUT2D eigenvalue weighted by Crippen LogP contribution is -2.23. The van der Waals surface area contributed by atoms with Crippen molar-refractivity contribution in [2.75, 3.05) is 27.8 Å². The second-order valence-corrected chi connectivity index (χ2v) is 8.30. The van der Waals surface area contributed by atoms with Gasteiger partial charge in [-0.3, -0.25) is 4.79 Å². The van der Waals surface area contributed by atoms with E-state index >= 15 is 0 Å². The van der Waals surface area contributed by atoms with E-state index < -0.39 is 0 Å². The molecule has 1 aliphatic rings. The molecular formula is C25H28N2O4. The fraction of sp³-hybridized carbons (Fsp3) is 0.360. The Morgan fingerprint density at radius 2 is 1.90 bits per heavy atom. The number of carbonyl (C=O) groups excluding carboxylic acids is 2. The van der Waals surface area contributed by atoms with E-state index in [2.05, 4.69) is 29.0 Å². The summed E-state index contributed by atoms with van der Waals surface area (Å²) in [5.41, 5.74) is 4.93. The molecule has 0 spiro atoms. The fourth-order valence-electron chi connectivity index (χ4n) is 4.49. The molecule has 1 aromatic heterocycles. The van der Waals surface area contributed by atoms with Crippen molar-refractivity contribution >= 4 is 22.8 Å². The van der Waals surface area contributed by atoms with Crippen LogP contribution in [0, 0.1) is 5.92 Å². The van der Waals surface area contributed by atoms with E-state index in [9.17, 15) is 9.59 Å². The molecule has 1 fully saturated rings. The molecule has 4 rings (SSSR count). The summed E-state index contributed by atoms with van der Waals surface area (Å²) in [6.07, 6.45) is 4.46. The van der Waals surface area contributed by atoms with E-state index in [1.165, 1.54) is 23.6 Å². The molecule has 0 aliphatic carbocycles. The van der Waals surface area contributed by atoms with Gasteiger partial charge in [-0.05, 0) is 66.3 Å². The maximum Gasteiger partial charge on any atom is 0.337 e. The van der Waals surface area contributed by atoms with Gasteiger partial charge in [-0.25, -0.2) is 4.79 Å². The van der Waals surface area contributed by atoms with Crippen molar-refractivity contribution in [3.63, 3.8) is 0 Å². The predicted octanol–water partition coefficient (Wildman–Crippen LogP) is 3.59. The summed E-state index contributed by atoms with van der Waals surface area (Å²) < 4.78 is 12.4. The van der Waals surface area contributed by atoms with Crippen LogP contribution >= 0.6 is 0 Å².